The number of nitrogens with zero attached hydrogens (tertiary/aromatic N) is 1. The largest absolute Gasteiger partial charge is 0.468 e. The number of rotatable bonds is 4. The fraction of sp³-hybridized carbons (Fsp3) is 0.333. The summed E-state index contributed by atoms with van der Waals surface area (Å²) in [6.45, 7) is 2.25. The maximum Gasteiger partial charge on any atom is 0.325 e. The van der Waals surface area contributed by atoms with Gasteiger partial charge in [-0.1, -0.05) is 22.0 Å². The predicted octanol–water partition coefficient (Wildman–Crippen LogP) is 2.08. The number of hydrogen-bond acceptors (Lipinski definition) is 3. The van der Waals surface area contributed by atoms with Crippen LogP contribution >= 0.6 is 15.9 Å². The van der Waals surface area contributed by atoms with Crippen molar-refractivity contribution < 1.29 is 14.3 Å². The van der Waals surface area contributed by atoms with Gasteiger partial charge in [-0.2, -0.15) is 0 Å². The van der Waals surface area contributed by atoms with Gasteiger partial charge in [-0.05, 0) is 25.1 Å². The third-order valence-electron chi connectivity index (χ3n) is 2.29. The molecule has 0 spiro atoms. The summed E-state index contributed by atoms with van der Waals surface area (Å²) in [5.41, 5.74) is 0.546. The minimum absolute atomic E-state index is 0.0294. The van der Waals surface area contributed by atoms with Gasteiger partial charge in [0.15, 0.2) is 0 Å². The van der Waals surface area contributed by atoms with Crippen molar-refractivity contribution in [2.24, 2.45) is 0 Å². The van der Waals surface area contributed by atoms with Gasteiger partial charge in [0.05, 0.1) is 7.11 Å². The Kier molecular flexibility index (Phi) is 5.15. The molecule has 0 aliphatic heterocycles. The van der Waals surface area contributed by atoms with Gasteiger partial charge < -0.3 is 9.64 Å². The standard InChI is InChI=1S/C12H14BrNO3/c1-3-14(8-11(15)17-2)12(16)9-5-4-6-10(13)7-9/h4-7H,3,8H2,1-2H3. The van der Waals surface area contributed by atoms with Crippen molar-refractivity contribution in [3.63, 3.8) is 0 Å². The zero-order valence-electron chi connectivity index (χ0n) is 9.77. The molecule has 0 saturated heterocycles. The van der Waals surface area contributed by atoms with E-state index >= 15 is 0 Å². The fourth-order valence-corrected chi connectivity index (χ4v) is 1.75. The summed E-state index contributed by atoms with van der Waals surface area (Å²) in [4.78, 5) is 24.7. The summed E-state index contributed by atoms with van der Waals surface area (Å²) in [7, 11) is 1.31. The van der Waals surface area contributed by atoms with Gasteiger partial charge in [0.2, 0.25) is 0 Å². The van der Waals surface area contributed by atoms with Crippen LogP contribution in [0, 0.1) is 0 Å². The Hall–Kier alpha value is -1.36. The van der Waals surface area contributed by atoms with E-state index in [0.29, 0.717) is 12.1 Å². The number of methoxy groups -OCH3 is 1. The van der Waals surface area contributed by atoms with Gasteiger partial charge >= 0.3 is 5.97 Å². The van der Waals surface area contributed by atoms with E-state index in [1.807, 2.05) is 13.0 Å². The SMILES string of the molecule is CCN(CC(=O)OC)C(=O)c1cccc(Br)c1. The number of benzene rings is 1. The van der Waals surface area contributed by atoms with E-state index in [-0.39, 0.29) is 12.5 Å². The van der Waals surface area contributed by atoms with Gasteiger partial charge in [-0.15, -0.1) is 0 Å². The van der Waals surface area contributed by atoms with Crippen molar-refractivity contribution in [3.8, 4) is 0 Å². The molecule has 1 amide bonds. The first-order chi connectivity index (χ1) is 8.08. The molecule has 5 heteroatoms. The molecule has 0 unspecified atom stereocenters. The van der Waals surface area contributed by atoms with Crippen LogP contribution in [0.1, 0.15) is 17.3 Å². The number of halogens is 1. The number of ether oxygens (including phenoxy) is 1. The second-order valence-corrected chi connectivity index (χ2v) is 4.32. The zero-order chi connectivity index (χ0) is 12.8. The first-order valence-electron chi connectivity index (χ1n) is 5.20. The Morgan fingerprint density at radius 3 is 2.65 bits per heavy atom. The maximum atomic E-state index is 12.1. The van der Waals surface area contributed by atoms with Crippen molar-refractivity contribution in [1.82, 2.24) is 4.90 Å². The van der Waals surface area contributed by atoms with Crippen LogP contribution in [0.3, 0.4) is 0 Å². The molecule has 0 heterocycles. The van der Waals surface area contributed by atoms with Gasteiger partial charge in [-0.25, -0.2) is 0 Å². The van der Waals surface area contributed by atoms with Gasteiger partial charge in [-0.3, -0.25) is 9.59 Å². The molecule has 0 radical (unpaired) electrons. The molecule has 92 valence electrons. The molecular formula is C12H14BrNO3. The van der Waals surface area contributed by atoms with Crippen molar-refractivity contribution in [2.75, 3.05) is 20.2 Å². The molecule has 17 heavy (non-hydrogen) atoms. The summed E-state index contributed by atoms with van der Waals surface area (Å²) in [6, 6.07) is 7.06. The van der Waals surface area contributed by atoms with Crippen LogP contribution in [0.4, 0.5) is 0 Å². The summed E-state index contributed by atoms with van der Waals surface area (Å²) in [6.07, 6.45) is 0. The molecular weight excluding hydrogens is 286 g/mol. The van der Waals surface area contributed by atoms with E-state index in [4.69, 9.17) is 0 Å². The third kappa shape index (κ3) is 3.85. The van der Waals surface area contributed by atoms with E-state index in [1.165, 1.54) is 12.0 Å². The highest BCUT2D eigenvalue weighted by Crippen LogP contribution is 2.13. The number of likely N-dealkylation sites (N-methyl/N-ethyl adjacent to an activating group) is 1. The number of amides is 1. The molecule has 0 saturated carbocycles. The molecule has 0 aliphatic carbocycles. The van der Waals surface area contributed by atoms with Crippen LogP contribution in [0.25, 0.3) is 0 Å². The van der Waals surface area contributed by atoms with Crippen LogP contribution in [0.2, 0.25) is 0 Å². The number of esters is 1. The first kappa shape index (κ1) is 13.7. The Labute approximate surface area is 109 Å². The monoisotopic (exact) mass is 299 g/mol. The topological polar surface area (TPSA) is 46.6 Å². The lowest BCUT2D eigenvalue weighted by molar-refractivity contribution is -0.141. The molecule has 0 aliphatic rings. The highest BCUT2D eigenvalue weighted by atomic mass is 79.9. The maximum absolute atomic E-state index is 12.1. The molecule has 0 N–H and O–H groups in total. The van der Waals surface area contributed by atoms with Gasteiger partial charge in [0.1, 0.15) is 6.54 Å². The Bertz CT molecular complexity index is 420. The predicted molar refractivity (Wildman–Crippen MR) is 67.7 cm³/mol. The number of hydrogen-bond donors (Lipinski definition) is 0. The smallest absolute Gasteiger partial charge is 0.325 e. The summed E-state index contributed by atoms with van der Waals surface area (Å²) in [5.74, 6) is -0.602. The van der Waals surface area contributed by atoms with Crippen LogP contribution in [-0.2, 0) is 9.53 Å². The summed E-state index contributed by atoms with van der Waals surface area (Å²) >= 11 is 3.30. The average molecular weight is 300 g/mol. The Morgan fingerprint density at radius 2 is 2.12 bits per heavy atom. The van der Waals surface area contributed by atoms with E-state index in [1.54, 1.807) is 18.2 Å². The minimum Gasteiger partial charge on any atom is -0.468 e. The van der Waals surface area contributed by atoms with E-state index < -0.39 is 5.97 Å². The molecule has 1 aromatic carbocycles. The van der Waals surface area contributed by atoms with Crippen LogP contribution in [0.15, 0.2) is 28.7 Å². The Balaban J connectivity index is 2.82. The van der Waals surface area contributed by atoms with Crippen molar-refractivity contribution >= 4 is 27.8 Å². The van der Waals surface area contributed by atoms with Crippen LogP contribution < -0.4 is 0 Å². The number of carbonyl (C=O) groups is 2. The molecule has 1 rings (SSSR count). The minimum atomic E-state index is -0.421. The lowest BCUT2D eigenvalue weighted by Crippen LogP contribution is -2.36. The fourth-order valence-electron chi connectivity index (χ4n) is 1.35. The van der Waals surface area contributed by atoms with Crippen LogP contribution in [0.5, 0.6) is 0 Å². The second kappa shape index (κ2) is 6.39. The lowest BCUT2D eigenvalue weighted by Gasteiger charge is -2.19. The normalized spacial score (nSPS) is 9.82. The average Bonchev–Trinajstić information content (AvgIpc) is 2.34. The second-order valence-electron chi connectivity index (χ2n) is 3.41. The van der Waals surface area contributed by atoms with E-state index in [2.05, 4.69) is 20.7 Å². The lowest BCUT2D eigenvalue weighted by atomic mass is 10.2. The molecule has 0 bridgehead atoms. The molecule has 4 nitrogen and oxygen atoms in total. The molecule has 1 aromatic rings. The highest BCUT2D eigenvalue weighted by molar-refractivity contribution is 9.10. The molecule has 0 atom stereocenters. The molecule has 0 fully saturated rings. The Morgan fingerprint density at radius 1 is 1.41 bits per heavy atom. The van der Waals surface area contributed by atoms with Crippen molar-refractivity contribution in [1.29, 1.82) is 0 Å². The van der Waals surface area contributed by atoms with Crippen LogP contribution in [-0.4, -0.2) is 37.0 Å². The van der Waals surface area contributed by atoms with Gasteiger partial charge in [0, 0.05) is 16.6 Å². The zero-order valence-corrected chi connectivity index (χ0v) is 11.4. The molecule has 0 aromatic heterocycles. The van der Waals surface area contributed by atoms with Crippen molar-refractivity contribution in [3.05, 3.63) is 34.3 Å². The van der Waals surface area contributed by atoms with Crippen molar-refractivity contribution in [2.45, 2.75) is 6.92 Å². The summed E-state index contributed by atoms with van der Waals surface area (Å²) in [5, 5.41) is 0. The summed E-state index contributed by atoms with van der Waals surface area (Å²) < 4.78 is 5.38. The van der Waals surface area contributed by atoms with Gasteiger partial charge in [0.25, 0.3) is 5.91 Å². The quantitative estimate of drug-likeness (QED) is 0.800. The number of carbonyl (C=O) groups excluding carboxylic acids is 2. The van der Waals surface area contributed by atoms with E-state index in [9.17, 15) is 9.59 Å². The highest BCUT2D eigenvalue weighted by Gasteiger charge is 2.17. The first-order valence-corrected chi connectivity index (χ1v) is 5.99. The van der Waals surface area contributed by atoms with E-state index in [0.717, 1.165) is 4.47 Å². The third-order valence-corrected chi connectivity index (χ3v) is 2.78.